The molecule has 0 fully saturated rings. The van der Waals surface area contributed by atoms with Gasteiger partial charge < -0.3 is 9.13 Å². The summed E-state index contributed by atoms with van der Waals surface area (Å²) in [5.41, 5.74) is 9.11. The van der Waals surface area contributed by atoms with Crippen molar-refractivity contribution in [2.75, 3.05) is 0 Å². The molecule has 9 rings (SSSR count). The highest BCUT2D eigenvalue weighted by molar-refractivity contribution is 6.18. The van der Waals surface area contributed by atoms with Crippen LogP contribution in [0.25, 0.3) is 77.0 Å². The molecule has 0 radical (unpaired) electrons. The Labute approximate surface area is 242 Å². The summed E-state index contributed by atoms with van der Waals surface area (Å²) in [5.74, 6) is 0. The third-order valence-electron chi connectivity index (χ3n) is 8.51. The van der Waals surface area contributed by atoms with Crippen molar-refractivity contribution in [1.29, 1.82) is 0 Å². The topological polar surface area (TPSA) is 22.8 Å². The number of rotatable bonds is 3. The minimum Gasteiger partial charge on any atom is -0.309 e. The molecule has 196 valence electrons. The summed E-state index contributed by atoms with van der Waals surface area (Å²) < 4.78 is 4.74. The van der Waals surface area contributed by atoms with Crippen molar-refractivity contribution in [3.05, 3.63) is 152 Å². The van der Waals surface area contributed by atoms with E-state index in [1.54, 1.807) is 0 Å². The van der Waals surface area contributed by atoms with Crippen molar-refractivity contribution in [3.63, 3.8) is 0 Å². The third kappa shape index (κ3) is 3.37. The van der Waals surface area contributed by atoms with Crippen molar-refractivity contribution in [1.82, 2.24) is 14.1 Å². The molecule has 0 atom stereocenters. The Hall–Kier alpha value is -5.67. The molecule has 3 aromatic heterocycles. The van der Waals surface area contributed by atoms with E-state index in [4.69, 9.17) is 4.98 Å². The number of nitrogens with zero attached hydrogens (tertiary/aromatic N) is 3. The summed E-state index contributed by atoms with van der Waals surface area (Å²) in [5, 5.41) is 7.49. The Kier molecular flexibility index (Phi) is 4.90. The van der Waals surface area contributed by atoms with Gasteiger partial charge in [0.2, 0.25) is 0 Å². The van der Waals surface area contributed by atoms with Gasteiger partial charge in [0.25, 0.3) is 0 Å². The van der Waals surface area contributed by atoms with E-state index in [1.807, 2.05) is 12.3 Å². The molecule has 0 aliphatic rings. The molecule has 9 aromatic rings. The number of hydrogen-bond acceptors (Lipinski definition) is 1. The normalized spacial score (nSPS) is 11.8. The summed E-state index contributed by atoms with van der Waals surface area (Å²) in [7, 11) is 0. The zero-order chi connectivity index (χ0) is 27.6. The molecular formula is C39H25N3. The van der Waals surface area contributed by atoms with Crippen molar-refractivity contribution in [3.8, 4) is 22.6 Å². The Morgan fingerprint density at radius 3 is 1.50 bits per heavy atom. The van der Waals surface area contributed by atoms with Crippen molar-refractivity contribution in [2.24, 2.45) is 0 Å². The largest absolute Gasteiger partial charge is 0.309 e. The van der Waals surface area contributed by atoms with E-state index in [1.165, 1.54) is 60.1 Å². The fraction of sp³-hybridized carbons (Fsp3) is 0. The number of fused-ring (bicyclic) bond motifs is 7. The van der Waals surface area contributed by atoms with Crippen LogP contribution in [0.1, 0.15) is 0 Å². The molecule has 3 heteroatoms. The van der Waals surface area contributed by atoms with E-state index >= 15 is 0 Å². The van der Waals surface area contributed by atoms with Crippen LogP contribution in [0, 0.1) is 0 Å². The second-order valence-electron chi connectivity index (χ2n) is 10.9. The first-order valence-electron chi connectivity index (χ1n) is 14.3. The van der Waals surface area contributed by atoms with E-state index in [0.29, 0.717) is 0 Å². The molecule has 6 aromatic carbocycles. The molecule has 0 unspecified atom stereocenters. The molecule has 3 heterocycles. The quantitative estimate of drug-likeness (QED) is 0.221. The van der Waals surface area contributed by atoms with Crippen LogP contribution in [-0.4, -0.2) is 14.1 Å². The second-order valence-corrected chi connectivity index (χ2v) is 10.9. The Bertz CT molecular complexity index is 2430. The van der Waals surface area contributed by atoms with Gasteiger partial charge in [-0.15, -0.1) is 0 Å². The van der Waals surface area contributed by atoms with Gasteiger partial charge in [0, 0.05) is 32.8 Å². The standard InChI is InChI=1S/C39H25N3/c1-3-11-26(12-4-1)35-20-19-30(25-40-35)42-37-18-10-8-16-32(37)34-22-27-21-33-31-15-7-9-17-36(31)41(29-13-5-2-6-14-29)38(33)23-28(27)24-39(34)42/h1-25H. The monoisotopic (exact) mass is 535 g/mol. The minimum atomic E-state index is 0.974. The van der Waals surface area contributed by atoms with Crippen molar-refractivity contribution < 1.29 is 0 Å². The van der Waals surface area contributed by atoms with E-state index in [-0.39, 0.29) is 0 Å². The van der Waals surface area contributed by atoms with Crippen molar-refractivity contribution >= 4 is 54.4 Å². The lowest BCUT2D eigenvalue weighted by Gasteiger charge is -2.10. The number of aromatic nitrogens is 3. The summed E-state index contributed by atoms with van der Waals surface area (Å²) >= 11 is 0. The van der Waals surface area contributed by atoms with Crippen LogP contribution < -0.4 is 0 Å². The predicted molar refractivity (Wildman–Crippen MR) is 176 cm³/mol. The lowest BCUT2D eigenvalue weighted by atomic mass is 10.0. The van der Waals surface area contributed by atoms with E-state index in [9.17, 15) is 0 Å². The second kappa shape index (κ2) is 8.92. The van der Waals surface area contributed by atoms with Gasteiger partial charge in [-0.05, 0) is 71.4 Å². The SMILES string of the molecule is c1ccc(-c2ccc(-n3c4ccccc4c4cc5cc6c7ccccc7n(-c7ccccc7)c6cc5cc43)cn2)cc1. The van der Waals surface area contributed by atoms with Gasteiger partial charge >= 0.3 is 0 Å². The maximum absolute atomic E-state index is 4.87. The fourth-order valence-electron chi connectivity index (χ4n) is 6.61. The zero-order valence-electron chi connectivity index (χ0n) is 22.8. The maximum Gasteiger partial charge on any atom is 0.0703 e. The van der Waals surface area contributed by atoms with Crippen LogP contribution in [0.5, 0.6) is 0 Å². The van der Waals surface area contributed by atoms with Gasteiger partial charge in [-0.1, -0.05) is 84.9 Å². The number of para-hydroxylation sites is 3. The van der Waals surface area contributed by atoms with Gasteiger partial charge in [0.05, 0.1) is 39.6 Å². The molecule has 0 saturated heterocycles. The lowest BCUT2D eigenvalue weighted by Crippen LogP contribution is -1.95. The maximum atomic E-state index is 4.87. The van der Waals surface area contributed by atoms with E-state index < -0.39 is 0 Å². The molecule has 0 saturated carbocycles. The summed E-state index contributed by atoms with van der Waals surface area (Å²) in [6.07, 6.45) is 1.99. The summed E-state index contributed by atoms with van der Waals surface area (Å²) in [4.78, 5) is 4.87. The first kappa shape index (κ1) is 23.1. The Morgan fingerprint density at radius 2 is 0.905 bits per heavy atom. The Balaban J connectivity index is 1.33. The molecule has 0 aliphatic carbocycles. The molecule has 0 aliphatic heterocycles. The van der Waals surface area contributed by atoms with E-state index in [2.05, 4.69) is 149 Å². The predicted octanol–water partition coefficient (Wildman–Crippen LogP) is 10.1. The van der Waals surface area contributed by atoms with Crippen LogP contribution in [-0.2, 0) is 0 Å². The molecule has 42 heavy (non-hydrogen) atoms. The molecule has 0 N–H and O–H groups in total. The van der Waals surface area contributed by atoms with Gasteiger partial charge in [0.15, 0.2) is 0 Å². The summed E-state index contributed by atoms with van der Waals surface area (Å²) in [6, 6.07) is 52.1. The third-order valence-corrected chi connectivity index (χ3v) is 8.51. The van der Waals surface area contributed by atoms with Gasteiger partial charge in [-0.25, -0.2) is 0 Å². The molecule has 0 spiro atoms. The average molecular weight is 536 g/mol. The first-order chi connectivity index (χ1) is 20.8. The highest BCUT2D eigenvalue weighted by Crippen LogP contribution is 2.39. The summed E-state index contributed by atoms with van der Waals surface area (Å²) in [6.45, 7) is 0. The number of pyridine rings is 1. The Morgan fingerprint density at radius 1 is 0.381 bits per heavy atom. The zero-order valence-corrected chi connectivity index (χ0v) is 22.8. The lowest BCUT2D eigenvalue weighted by molar-refractivity contribution is 1.14. The molecule has 0 amide bonds. The highest BCUT2D eigenvalue weighted by atomic mass is 15.0. The highest BCUT2D eigenvalue weighted by Gasteiger charge is 2.17. The van der Waals surface area contributed by atoms with Gasteiger partial charge in [-0.2, -0.15) is 0 Å². The minimum absolute atomic E-state index is 0.974. The first-order valence-corrected chi connectivity index (χ1v) is 14.3. The van der Waals surface area contributed by atoms with Gasteiger partial charge in [-0.3, -0.25) is 4.98 Å². The number of benzene rings is 6. The average Bonchev–Trinajstić information content (AvgIpc) is 3.55. The van der Waals surface area contributed by atoms with Crippen LogP contribution >= 0.6 is 0 Å². The van der Waals surface area contributed by atoms with Crippen LogP contribution in [0.2, 0.25) is 0 Å². The number of hydrogen-bond donors (Lipinski definition) is 0. The van der Waals surface area contributed by atoms with Crippen LogP contribution in [0.15, 0.2) is 152 Å². The molecular weight excluding hydrogens is 510 g/mol. The van der Waals surface area contributed by atoms with E-state index in [0.717, 1.165) is 16.9 Å². The van der Waals surface area contributed by atoms with Crippen LogP contribution in [0.4, 0.5) is 0 Å². The molecule has 0 bridgehead atoms. The van der Waals surface area contributed by atoms with Crippen molar-refractivity contribution in [2.45, 2.75) is 0 Å². The van der Waals surface area contributed by atoms with Crippen LogP contribution in [0.3, 0.4) is 0 Å². The molecule has 3 nitrogen and oxygen atoms in total. The fourth-order valence-corrected chi connectivity index (χ4v) is 6.61. The smallest absolute Gasteiger partial charge is 0.0703 e. The van der Waals surface area contributed by atoms with Gasteiger partial charge in [0.1, 0.15) is 0 Å².